The average molecular weight is 161 g/mol. The second-order valence-electron chi connectivity index (χ2n) is 2.42. The summed E-state index contributed by atoms with van der Waals surface area (Å²) in [7, 11) is 0. The van der Waals surface area contributed by atoms with Crippen LogP contribution < -0.4 is 11.5 Å². The van der Waals surface area contributed by atoms with Crippen molar-refractivity contribution in [3.8, 4) is 0 Å². The van der Waals surface area contributed by atoms with Gasteiger partial charge in [-0.05, 0) is 5.56 Å². The summed E-state index contributed by atoms with van der Waals surface area (Å²) in [4.78, 5) is 0. The molecule has 0 radical (unpaired) electrons. The van der Waals surface area contributed by atoms with E-state index in [9.17, 15) is 0 Å². The number of benzene rings is 1. The zero-order valence-electron chi connectivity index (χ0n) is 6.62. The Bertz CT molecular complexity index is 301. The first-order chi connectivity index (χ1) is 5.70. The highest BCUT2D eigenvalue weighted by Crippen LogP contribution is 2.06. The van der Waals surface area contributed by atoms with Crippen LogP contribution in [0.15, 0.2) is 36.4 Å². The predicted octanol–water partition coefficient (Wildman–Crippen LogP) is 0.922. The summed E-state index contributed by atoms with van der Waals surface area (Å²) in [6.07, 6.45) is 1.43. The van der Waals surface area contributed by atoms with Gasteiger partial charge in [-0.2, -0.15) is 0 Å². The molecular formula is C9H11N3. The molecule has 0 unspecified atom stereocenters. The molecule has 0 bridgehead atoms. The van der Waals surface area contributed by atoms with Crippen LogP contribution in [0.5, 0.6) is 0 Å². The lowest BCUT2D eigenvalue weighted by Crippen LogP contribution is -2.08. The zero-order chi connectivity index (χ0) is 8.97. The minimum atomic E-state index is -0.0312. The van der Waals surface area contributed by atoms with E-state index >= 15 is 0 Å². The van der Waals surface area contributed by atoms with Gasteiger partial charge in [0.25, 0.3) is 0 Å². The average Bonchev–Trinajstić information content (AvgIpc) is 2.05. The molecule has 1 aromatic rings. The Morgan fingerprint density at radius 2 is 1.75 bits per heavy atom. The van der Waals surface area contributed by atoms with Crippen LogP contribution in [0.4, 0.5) is 0 Å². The molecule has 3 heteroatoms. The predicted molar refractivity (Wildman–Crippen MR) is 50.5 cm³/mol. The Morgan fingerprint density at radius 3 is 2.25 bits per heavy atom. The van der Waals surface area contributed by atoms with Crippen molar-refractivity contribution in [2.24, 2.45) is 11.5 Å². The highest BCUT2D eigenvalue weighted by Gasteiger charge is 1.93. The van der Waals surface area contributed by atoms with Gasteiger partial charge in [0, 0.05) is 11.8 Å². The first-order valence-electron chi connectivity index (χ1n) is 3.57. The largest absolute Gasteiger partial charge is 0.398 e. The first kappa shape index (κ1) is 8.33. The summed E-state index contributed by atoms with van der Waals surface area (Å²) in [6.45, 7) is 0. The second kappa shape index (κ2) is 3.57. The van der Waals surface area contributed by atoms with Crippen molar-refractivity contribution in [2.45, 2.75) is 0 Å². The fraction of sp³-hybridized carbons (Fsp3) is 0. The van der Waals surface area contributed by atoms with E-state index in [4.69, 9.17) is 16.9 Å². The number of hydrogen-bond acceptors (Lipinski definition) is 2. The highest BCUT2D eigenvalue weighted by molar-refractivity contribution is 5.95. The lowest BCUT2D eigenvalue weighted by atomic mass is 10.1. The quantitative estimate of drug-likeness (QED) is 0.445. The normalized spacial score (nSPS) is 11.2. The smallest absolute Gasteiger partial charge is 0.117 e. The molecule has 0 saturated heterocycles. The van der Waals surface area contributed by atoms with Crippen molar-refractivity contribution in [2.75, 3.05) is 0 Å². The van der Waals surface area contributed by atoms with Gasteiger partial charge in [-0.3, -0.25) is 5.41 Å². The summed E-state index contributed by atoms with van der Waals surface area (Å²) in [5.41, 5.74) is 12.2. The Labute approximate surface area is 71.2 Å². The molecule has 0 spiro atoms. The Morgan fingerprint density at radius 1 is 1.17 bits per heavy atom. The molecule has 0 aliphatic rings. The van der Waals surface area contributed by atoms with Crippen LogP contribution >= 0.6 is 0 Å². The molecule has 62 valence electrons. The van der Waals surface area contributed by atoms with Gasteiger partial charge in [0.15, 0.2) is 0 Å². The molecule has 12 heavy (non-hydrogen) atoms. The summed E-state index contributed by atoms with van der Waals surface area (Å²) in [6, 6.07) is 9.42. The van der Waals surface area contributed by atoms with Crippen LogP contribution in [-0.4, -0.2) is 5.84 Å². The van der Waals surface area contributed by atoms with Crippen LogP contribution in [0.25, 0.3) is 5.70 Å². The van der Waals surface area contributed by atoms with Crippen molar-refractivity contribution in [1.82, 2.24) is 0 Å². The summed E-state index contributed by atoms with van der Waals surface area (Å²) in [5, 5.41) is 7.00. The van der Waals surface area contributed by atoms with Gasteiger partial charge in [-0.15, -0.1) is 0 Å². The third-order valence-corrected chi connectivity index (χ3v) is 1.42. The van der Waals surface area contributed by atoms with Gasteiger partial charge in [-0.25, -0.2) is 0 Å². The van der Waals surface area contributed by atoms with Gasteiger partial charge >= 0.3 is 0 Å². The van der Waals surface area contributed by atoms with Gasteiger partial charge < -0.3 is 11.5 Å². The Hall–Kier alpha value is -1.77. The van der Waals surface area contributed by atoms with E-state index in [1.165, 1.54) is 6.08 Å². The van der Waals surface area contributed by atoms with E-state index in [-0.39, 0.29) is 5.84 Å². The molecule has 0 atom stereocenters. The van der Waals surface area contributed by atoms with Gasteiger partial charge in [-0.1, -0.05) is 30.3 Å². The standard InChI is InChI=1S/C9H11N3/c10-8(6-9(11)12)7-4-2-1-3-5-7/h1-6H,10H2,(H3,11,12). The number of amidine groups is 1. The number of nitrogens with one attached hydrogen (secondary N) is 1. The van der Waals surface area contributed by atoms with Crippen LogP contribution in [0, 0.1) is 5.41 Å². The lowest BCUT2D eigenvalue weighted by molar-refractivity contribution is 1.45. The van der Waals surface area contributed by atoms with Crippen molar-refractivity contribution in [1.29, 1.82) is 5.41 Å². The summed E-state index contributed by atoms with van der Waals surface area (Å²) < 4.78 is 0. The third-order valence-electron chi connectivity index (χ3n) is 1.42. The van der Waals surface area contributed by atoms with Crippen LogP contribution in [-0.2, 0) is 0 Å². The van der Waals surface area contributed by atoms with E-state index in [1.54, 1.807) is 0 Å². The van der Waals surface area contributed by atoms with Crippen molar-refractivity contribution in [3.05, 3.63) is 42.0 Å². The molecule has 3 nitrogen and oxygen atoms in total. The third kappa shape index (κ3) is 2.12. The molecule has 0 aromatic heterocycles. The van der Waals surface area contributed by atoms with Crippen molar-refractivity contribution >= 4 is 11.5 Å². The Kier molecular flexibility index (Phi) is 2.48. The summed E-state index contributed by atoms with van der Waals surface area (Å²) >= 11 is 0. The Balaban J connectivity index is 2.93. The fourth-order valence-corrected chi connectivity index (χ4v) is 0.881. The molecule has 0 heterocycles. The maximum atomic E-state index is 7.00. The number of nitrogens with two attached hydrogens (primary N) is 2. The van der Waals surface area contributed by atoms with E-state index < -0.39 is 0 Å². The van der Waals surface area contributed by atoms with E-state index in [0.29, 0.717) is 5.70 Å². The first-order valence-corrected chi connectivity index (χ1v) is 3.57. The van der Waals surface area contributed by atoms with Crippen LogP contribution in [0.3, 0.4) is 0 Å². The number of rotatable bonds is 2. The minimum absolute atomic E-state index is 0.0312. The van der Waals surface area contributed by atoms with E-state index in [1.807, 2.05) is 30.3 Å². The topological polar surface area (TPSA) is 75.9 Å². The second-order valence-corrected chi connectivity index (χ2v) is 2.42. The molecule has 0 aliphatic heterocycles. The maximum Gasteiger partial charge on any atom is 0.117 e. The lowest BCUT2D eigenvalue weighted by Gasteiger charge is -1.99. The maximum absolute atomic E-state index is 7.00. The molecule has 0 amide bonds. The van der Waals surface area contributed by atoms with Gasteiger partial charge in [0.05, 0.1) is 0 Å². The fourth-order valence-electron chi connectivity index (χ4n) is 0.881. The minimum Gasteiger partial charge on any atom is -0.398 e. The SMILES string of the molecule is N=C(N)C=C(N)c1ccccc1. The van der Waals surface area contributed by atoms with Gasteiger partial charge in [0.1, 0.15) is 5.84 Å². The van der Waals surface area contributed by atoms with Crippen LogP contribution in [0.2, 0.25) is 0 Å². The zero-order valence-corrected chi connectivity index (χ0v) is 6.62. The molecule has 0 aliphatic carbocycles. The van der Waals surface area contributed by atoms with E-state index in [2.05, 4.69) is 0 Å². The molecule has 0 fully saturated rings. The van der Waals surface area contributed by atoms with Crippen molar-refractivity contribution in [3.63, 3.8) is 0 Å². The number of hydrogen-bond donors (Lipinski definition) is 3. The molecular weight excluding hydrogens is 150 g/mol. The van der Waals surface area contributed by atoms with Crippen LogP contribution in [0.1, 0.15) is 5.56 Å². The molecule has 1 rings (SSSR count). The monoisotopic (exact) mass is 161 g/mol. The molecule has 0 saturated carbocycles. The summed E-state index contributed by atoms with van der Waals surface area (Å²) in [5.74, 6) is -0.0312. The molecule has 5 N–H and O–H groups in total. The van der Waals surface area contributed by atoms with E-state index in [0.717, 1.165) is 5.56 Å². The molecule has 1 aromatic carbocycles. The van der Waals surface area contributed by atoms with Gasteiger partial charge in [0.2, 0.25) is 0 Å². The highest BCUT2D eigenvalue weighted by atomic mass is 14.7. The van der Waals surface area contributed by atoms with Crippen molar-refractivity contribution < 1.29 is 0 Å².